The molecule has 0 saturated heterocycles. The van der Waals surface area contributed by atoms with Gasteiger partial charge < -0.3 is 4.74 Å². The number of nitrogens with two attached hydrogens (primary N) is 1. The van der Waals surface area contributed by atoms with Crippen LogP contribution in [0.3, 0.4) is 0 Å². The molecule has 0 unspecified atom stereocenters. The van der Waals surface area contributed by atoms with E-state index in [9.17, 15) is 8.42 Å². The maximum atomic E-state index is 11.1. The van der Waals surface area contributed by atoms with Crippen LogP contribution >= 0.6 is 11.6 Å². The van der Waals surface area contributed by atoms with E-state index in [0.29, 0.717) is 10.8 Å². The number of halogens is 1. The van der Waals surface area contributed by atoms with E-state index in [4.69, 9.17) is 21.5 Å². The number of primary sulfonamides is 1. The van der Waals surface area contributed by atoms with Crippen LogP contribution in [-0.2, 0) is 10.0 Å². The molecule has 0 aliphatic rings. The molecule has 102 valence electrons. The number of benzene rings is 1. The normalized spacial score (nSPS) is 12.5. The number of rotatable bonds is 5. The molecule has 1 aromatic rings. The zero-order valence-corrected chi connectivity index (χ0v) is 12.3. The number of aryl methyl sites for hydroxylation is 1. The van der Waals surface area contributed by atoms with Gasteiger partial charge in [0, 0.05) is 10.4 Å². The molecule has 0 aliphatic heterocycles. The second-order valence-corrected chi connectivity index (χ2v) is 7.19. The highest BCUT2D eigenvalue weighted by molar-refractivity contribution is 7.89. The molecule has 0 aliphatic carbocycles. The molecule has 0 atom stereocenters. The van der Waals surface area contributed by atoms with Crippen LogP contribution in [0.2, 0.25) is 5.02 Å². The molecule has 4 nitrogen and oxygen atoms in total. The maximum Gasteiger partial charge on any atom is 0.209 e. The first-order valence-corrected chi connectivity index (χ1v) is 7.58. The summed E-state index contributed by atoms with van der Waals surface area (Å²) in [5.41, 5.74) is 0.375. The number of sulfonamides is 1. The molecule has 18 heavy (non-hydrogen) atoms. The second kappa shape index (κ2) is 5.47. The molecule has 0 aromatic heterocycles. The van der Waals surface area contributed by atoms with Gasteiger partial charge in [-0.1, -0.05) is 25.4 Å². The van der Waals surface area contributed by atoms with Crippen molar-refractivity contribution < 1.29 is 13.2 Å². The Morgan fingerprint density at radius 2 is 2.00 bits per heavy atom. The summed E-state index contributed by atoms with van der Waals surface area (Å²) in [6, 6.07) is 5.32. The predicted octanol–water partition coefficient (Wildman–Crippen LogP) is 2.34. The van der Waals surface area contributed by atoms with Crippen molar-refractivity contribution in [3.63, 3.8) is 0 Å². The van der Waals surface area contributed by atoms with Gasteiger partial charge in [0.25, 0.3) is 0 Å². The molecule has 2 N–H and O–H groups in total. The third kappa shape index (κ3) is 5.25. The molecule has 0 saturated carbocycles. The van der Waals surface area contributed by atoms with Gasteiger partial charge in [-0.15, -0.1) is 0 Å². The quantitative estimate of drug-likeness (QED) is 0.905. The summed E-state index contributed by atoms with van der Waals surface area (Å²) in [4.78, 5) is 0. The Labute approximate surface area is 113 Å². The van der Waals surface area contributed by atoms with Gasteiger partial charge in [0.15, 0.2) is 0 Å². The highest BCUT2D eigenvalue weighted by atomic mass is 35.5. The number of hydrogen-bond donors (Lipinski definition) is 1. The molecule has 0 amide bonds. The van der Waals surface area contributed by atoms with Gasteiger partial charge in [0.1, 0.15) is 5.75 Å². The fourth-order valence-corrected chi connectivity index (χ4v) is 2.86. The van der Waals surface area contributed by atoms with Crippen LogP contribution in [0.25, 0.3) is 0 Å². The van der Waals surface area contributed by atoms with Crippen molar-refractivity contribution in [3.8, 4) is 5.75 Å². The minimum Gasteiger partial charge on any atom is -0.493 e. The molecule has 0 spiro atoms. The molecule has 0 fully saturated rings. The van der Waals surface area contributed by atoms with Gasteiger partial charge in [-0.25, -0.2) is 13.6 Å². The van der Waals surface area contributed by atoms with Crippen molar-refractivity contribution in [2.24, 2.45) is 10.6 Å². The SMILES string of the molecule is Cc1cc(OCC(C)(C)CS(N)(=O)=O)ccc1Cl. The van der Waals surface area contributed by atoms with Crippen molar-refractivity contribution in [2.75, 3.05) is 12.4 Å². The Bertz CT molecular complexity index is 526. The van der Waals surface area contributed by atoms with Gasteiger partial charge >= 0.3 is 0 Å². The van der Waals surface area contributed by atoms with E-state index in [1.807, 2.05) is 13.0 Å². The molecule has 1 aromatic carbocycles. The standard InChI is InChI=1S/C12H18ClNO3S/c1-9-6-10(4-5-11(9)13)17-7-12(2,3)8-18(14,15)16/h4-6H,7-8H2,1-3H3,(H2,14,15,16). The smallest absolute Gasteiger partial charge is 0.209 e. The fraction of sp³-hybridized carbons (Fsp3) is 0.500. The van der Waals surface area contributed by atoms with E-state index >= 15 is 0 Å². The minimum absolute atomic E-state index is 0.118. The molecule has 1 rings (SSSR count). The summed E-state index contributed by atoms with van der Waals surface area (Å²) in [7, 11) is -3.50. The summed E-state index contributed by atoms with van der Waals surface area (Å²) < 4.78 is 27.7. The summed E-state index contributed by atoms with van der Waals surface area (Å²) in [5.74, 6) is 0.548. The molecule has 0 bridgehead atoms. The Morgan fingerprint density at radius 3 is 2.50 bits per heavy atom. The second-order valence-electron chi connectivity index (χ2n) is 5.17. The van der Waals surface area contributed by atoms with Crippen LogP contribution in [0, 0.1) is 12.3 Å². The zero-order valence-electron chi connectivity index (χ0n) is 10.7. The van der Waals surface area contributed by atoms with Crippen LogP contribution in [0.15, 0.2) is 18.2 Å². The van der Waals surface area contributed by atoms with Gasteiger partial charge in [-0.3, -0.25) is 0 Å². The van der Waals surface area contributed by atoms with Crippen LogP contribution in [-0.4, -0.2) is 20.8 Å². The largest absolute Gasteiger partial charge is 0.493 e. The average molecular weight is 292 g/mol. The zero-order chi connectivity index (χ0) is 14.0. The Kier molecular flexibility index (Phi) is 4.64. The Morgan fingerprint density at radius 1 is 1.39 bits per heavy atom. The first kappa shape index (κ1) is 15.3. The van der Waals surface area contributed by atoms with Gasteiger partial charge in [-0.2, -0.15) is 0 Å². The molecule has 6 heteroatoms. The molecular formula is C12H18ClNO3S. The van der Waals surface area contributed by atoms with Crippen LogP contribution in [0.5, 0.6) is 5.75 Å². The molecular weight excluding hydrogens is 274 g/mol. The minimum atomic E-state index is -3.50. The van der Waals surface area contributed by atoms with Gasteiger partial charge in [0.05, 0.1) is 12.4 Å². The van der Waals surface area contributed by atoms with E-state index in [0.717, 1.165) is 5.56 Å². The lowest BCUT2D eigenvalue weighted by atomic mass is 9.98. The van der Waals surface area contributed by atoms with Crippen molar-refractivity contribution in [3.05, 3.63) is 28.8 Å². The monoisotopic (exact) mass is 291 g/mol. The van der Waals surface area contributed by atoms with Crippen molar-refractivity contribution in [2.45, 2.75) is 20.8 Å². The van der Waals surface area contributed by atoms with Crippen LogP contribution < -0.4 is 9.88 Å². The maximum absolute atomic E-state index is 11.1. The van der Waals surface area contributed by atoms with E-state index in [1.54, 1.807) is 26.0 Å². The first-order chi connectivity index (χ1) is 8.09. The third-order valence-electron chi connectivity index (χ3n) is 2.35. The lowest BCUT2D eigenvalue weighted by molar-refractivity contribution is 0.200. The van der Waals surface area contributed by atoms with E-state index in [1.165, 1.54) is 0 Å². The Hall–Kier alpha value is -0.780. The topological polar surface area (TPSA) is 69.4 Å². The average Bonchev–Trinajstić information content (AvgIpc) is 2.16. The van der Waals surface area contributed by atoms with Crippen LogP contribution in [0.1, 0.15) is 19.4 Å². The first-order valence-electron chi connectivity index (χ1n) is 5.48. The summed E-state index contributed by atoms with van der Waals surface area (Å²) in [6.07, 6.45) is 0. The van der Waals surface area contributed by atoms with Crippen molar-refractivity contribution in [1.82, 2.24) is 0 Å². The third-order valence-corrected chi connectivity index (χ3v) is 3.96. The summed E-state index contributed by atoms with van der Waals surface area (Å²) in [6.45, 7) is 5.73. The van der Waals surface area contributed by atoms with Gasteiger partial charge in [-0.05, 0) is 30.7 Å². The molecule has 0 heterocycles. The van der Waals surface area contributed by atoms with E-state index in [2.05, 4.69) is 0 Å². The van der Waals surface area contributed by atoms with Crippen LogP contribution in [0.4, 0.5) is 0 Å². The lowest BCUT2D eigenvalue weighted by Gasteiger charge is -2.23. The fourth-order valence-electron chi connectivity index (χ4n) is 1.57. The highest BCUT2D eigenvalue weighted by Crippen LogP contribution is 2.24. The van der Waals surface area contributed by atoms with Crippen molar-refractivity contribution in [1.29, 1.82) is 0 Å². The van der Waals surface area contributed by atoms with Gasteiger partial charge in [0.2, 0.25) is 10.0 Å². The van der Waals surface area contributed by atoms with E-state index < -0.39 is 15.4 Å². The van der Waals surface area contributed by atoms with E-state index in [-0.39, 0.29) is 12.4 Å². The number of ether oxygens (including phenoxy) is 1. The van der Waals surface area contributed by atoms with Crippen molar-refractivity contribution >= 4 is 21.6 Å². The number of hydrogen-bond acceptors (Lipinski definition) is 3. The highest BCUT2D eigenvalue weighted by Gasteiger charge is 2.25. The lowest BCUT2D eigenvalue weighted by Crippen LogP contribution is -2.33. The molecule has 0 radical (unpaired) electrons. The summed E-state index contributed by atoms with van der Waals surface area (Å²) in [5, 5.41) is 5.71. The predicted molar refractivity (Wildman–Crippen MR) is 73.4 cm³/mol. The Balaban J connectivity index is 2.67. The summed E-state index contributed by atoms with van der Waals surface area (Å²) >= 11 is 5.91.